The van der Waals surface area contributed by atoms with Gasteiger partial charge in [0.25, 0.3) is 5.91 Å². The van der Waals surface area contributed by atoms with Crippen LogP contribution in [0.5, 0.6) is 0 Å². The van der Waals surface area contributed by atoms with Gasteiger partial charge < -0.3 is 34.8 Å². The molecule has 3 N–H and O–H groups in total. The molecule has 0 aromatic carbocycles. The van der Waals surface area contributed by atoms with Crippen LogP contribution in [0.3, 0.4) is 0 Å². The molecule has 2 saturated carbocycles. The van der Waals surface area contributed by atoms with Crippen molar-refractivity contribution in [3.8, 4) is 0 Å². The van der Waals surface area contributed by atoms with Crippen LogP contribution in [-0.4, -0.2) is 126 Å². The van der Waals surface area contributed by atoms with Crippen LogP contribution in [-0.2, 0) is 33.9 Å². The molecule has 0 aromatic heterocycles. The SMILES string of the molecule is C=CC1C[C@]1(NC(=O)[C@@H]1C[C@@H](OC(=O)N2CCCC2)CN1C(=O)[C@@H](NC(=O)OC(C)(C)C)C(C)(C)C)C(=O)NS(=O)(=O)C1CC1.O=C(Cl)N1CCCC1. The molecule has 3 heterocycles. The molecule has 0 radical (unpaired) electrons. The van der Waals surface area contributed by atoms with Crippen molar-refractivity contribution in [3.63, 3.8) is 0 Å². The number of nitrogens with one attached hydrogen (secondary N) is 3. The number of nitrogens with zero attached hydrogens (tertiary/aromatic N) is 3. The van der Waals surface area contributed by atoms with E-state index in [9.17, 15) is 37.2 Å². The highest BCUT2D eigenvalue weighted by Gasteiger charge is 2.62. The molecule has 3 aliphatic heterocycles. The minimum absolute atomic E-state index is 0.0583. The first-order valence-electron chi connectivity index (χ1n) is 18.3. The molecular weight excluding hydrogens is 732 g/mol. The Kier molecular flexibility index (Phi) is 13.1. The van der Waals surface area contributed by atoms with E-state index in [1.165, 1.54) is 11.0 Å². The van der Waals surface area contributed by atoms with Crippen molar-refractivity contribution < 1.29 is 46.7 Å². The van der Waals surface area contributed by atoms with Crippen LogP contribution in [0.25, 0.3) is 0 Å². The van der Waals surface area contributed by atoms with Crippen LogP contribution in [0.4, 0.5) is 14.4 Å². The van der Waals surface area contributed by atoms with Crippen molar-refractivity contribution in [1.82, 2.24) is 30.1 Å². The van der Waals surface area contributed by atoms with Gasteiger partial charge in [-0.3, -0.25) is 23.9 Å². The van der Waals surface area contributed by atoms with Gasteiger partial charge in [-0.05, 0) is 82.7 Å². The topological polar surface area (TPSA) is 201 Å². The fraction of sp³-hybridized carbons (Fsp3) is 0.771. The van der Waals surface area contributed by atoms with Crippen LogP contribution >= 0.6 is 11.6 Å². The maximum Gasteiger partial charge on any atom is 0.410 e. The van der Waals surface area contributed by atoms with E-state index in [4.69, 9.17) is 21.1 Å². The Morgan fingerprint density at radius 3 is 1.94 bits per heavy atom. The van der Waals surface area contributed by atoms with Crippen molar-refractivity contribution >= 4 is 56.9 Å². The number of hydrogen-bond donors (Lipinski definition) is 3. The quantitative estimate of drug-likeness (QED) is 0.177. The van der Waals surface area contributed by atoms with Crippen LogP contribution in [0, 0.1) is 11.3 Å². The molecule has 5 aliphatic rings. The van der Waals surface area contributed by atoms with Crippen molar-refractivity contribution in [3.05, 3.63) is 12.7 Å². The van der Waals surface area contributed by atoms with Gasteiger partial charge >= 0.3 is 17.6 Å². The molecule has 16 nitrogen and oxygen atoms in total. The fourth-order valence-electron chi connectivity index (χ4n) is 6.64. The van der Waals surface area contributed by atoms with Crippen molar-refractivity contribution in [2.45, 2.75) is 127 Å². The summed E-state index contributed by atoms with van der Waals surface area (Å²) >= 11 is 5.17. The number of likely N-dealkylation sites (tertiary alicyclic amines) is 3. The summed E-state index contributed by atoms with van der Waals surface area (Å²) in [6.45, 7) is 16.7. The van der Waals surface area contributed by atoms with Gasteiger partial charge in [0.05, 0.1) is 11.8 Å². The Morgan fingerprint density at radius 1 is 0.925 bits per heavy atom. The summed E-state index contributed by atoms with van der Waals surface area (Å²) in [7, 11) is -3.89. The third-order valence-corrected chi connectivity index (χ3v) is 11.9. The van der Waals surface area contributed by atoms with E-state index in [2.05, 4.69) is 21.9 Å². The third-order valence-electron chi connectivity index (χ3n) is 9.86. The van der Waals surface area contributed by atoms with Crippen molar-refractivity contribution in [2.75, 3.05) is 32.7 Å². The molecule has 6 amide bonds. The van der Waals surface area contributed by atoms with Gasteiger partial charge in [0.15, 0.2) is 0 Å². The molecule has 3 saturated heterocycles. The molecule has 1 unspecified atom stereocenters. The fourth-order valence-corrected chi connectivity index (χ4v) is 8.18. The summed E-state index contributed by atoms with van der Waals surface area (Å²) in [5, 5.41) is 4.41. The number of hydrogen-bond acceptors (Lipinski definition) is 10. The number of ether oxygens (including phenoxy) is 2. The third kappa shape index (κ3) is 11.0. The molecule has 0 spiro atoms. The van der Waals surface area contributed by atoms with E-state index < -0.39 is 85.8 Å². The Balaban J connectivity index is 0.000000692. The normalized spacial score (nSPS) is 26.1. The number of amides is 6. The average Bonchev–Trinajstić information content (AvgIpc) is 3.76. The number of rotatable bonds is 9. The second kappa shape index (κ2) is 16.4. The van der Waals surface area contributed by atoms with Crippen LogP contribution in [0.1, 0.15) is 92.9 Å². The lowest BCUT2D eigenvalue weighted by atomic mass is 9.85. The maximum atomic E-state index is 14.2. The van der Waals surface area contributed by atoms with Crippen LogP contribution in [0.2, 0.25) is 0 Å². The smallest absolute Gasteiger partial charge is 0.410 e. The Morgan fingerprint density at radius 2 is 1.49 bits per heavy atom. The molecule has 5 fully saturated rings. The highest BCUT2D eigenvalue weighted by molar-refractivity contribution is 7.91. The zero-order valence-electron chi connectivity index (χ0n) is 31.6. The van der Waals surface area contributed by atoms with E-state index in [1.807, 2.05) is 0 Å². The van der Waals surface area contributed by atoms with Crippen molar-refractivity contribution in [1.29, 1.82) is 0 Å². The number of sulfonamides is 1. The molecule has 2 aliphatic carbocycles. The number of halogens is 1. The second-order valence-corrected chi connectivity index (χ2v) is 18.8. The van der Waals surface area contributed by atoms with Gasteiger partial charge in [-0.1, -0.05) is 26.8 Å². The molecule has 0 aromatic rings. The zero-order valence-corrected chi connectivity index (χ0v) is 33.1. The van der Waals surface area contributed by atoms with E-state index in [-0.39, 0.29) is 24.8 Å². The summed E-state index contributed by atoms with van der Waals surface area (Å²) < 4.78 is 38.3. The first kappa shape index (κ1) is 42.1. The van der Waals surface area contributed by atoms with Crippen LogP contribution in [0.15, 0.2) is 12.7 Å². The average molecular weight is 787 g/mol. The van der Waals surface area contributed by atoms with E-state index in [1.54, 1.807) is 51.3 Å². The summed E-state index contributed by atoms with van der Waals surface area (Å²) in [4.78, 5) is 81.8. The van der Waals surface area contributed by atoms with E-state index in [0.29, 0.717) is 25.9 Å². The summed E-state index contributed by atoms with van der Waals surface area (Å²) in [5.74, 6) is -2.70. The molecule has 5 rings (SSSR count). The maximum absolute atomic E-state index is 14.2. The van der Waals surface area contributed by atoms with Crippen LogP contribution < -0.4 is 15.4 Å². The monoisotopic (exact) mass is 786 g/mol. The highest BCUT2D eigenvalue weighted by atomic mass is 35.5. The first-order valence-corrected chi connectivity index (χ1v) is 20.2. The molecule has 0 bridgehead atoms. The number of alkyl carbamates (subject to hydrolysis) is 1. The Bertz CT molecular complexity index is 1550. The van der Waals surface area contributed by atoms with Gasteiger partial charge in [-0.25, -0.2) is 18.0 Å². The molecule has 18 heteroatoms. The number of carbonyl (C=O) groups is 6. The zero-order chi connectivity index (χ0) is 39.5. The van der Waals surface area contributed by atoms with Gasteiger partial charge in [0, 0.05) is 38.5 Å². The Labute approximate surface area is 317 Å². The van der Waals surface area contributed by atoms with Gasteiger partial charge in [-0.15, -0.1) is 6.58 Å². The van der Waals surface area contributed by atoms with Crippen molar-refractivity contribution in [2.24, 2.45) is 11.3 Å². The largest absolute Gasteiger partial charge is 0.444 e. The lowest BCUT2D eigenvalue weighted by Crippen LogP contribution is -2.60. The van der Waals surface area contributed by atoms with Gasteiger partial charge in [-0.2, -0.15) is 0 Å². The number of carbonyl (C=O) groups excluding carboxylic acids is 6. The predicted molar refractivity (Wildman–Crippen MR) is 195 cm³/mol. The van der Waals surface area contributed by atoms with Gasteiger partial charge in [0.2, 0.25) is 21.8 Å². The summed E-state index contributed by atoms with van der Waals surface area (Å²) in [5.41, 5.74) is -3.20. The lowest BCUT2D eigenvalue weighted by Gasteiger charge is -2.36. The Hall–Kier alpha value is -3.60. The minimum Gasteiger partial charge on any atom is -0.444 e. The minimum atomic E-state index is -3.89. The predicted octanol–water partition coefficient (Wildman–Crippen LogP) is 3.24. The first-order chi connectivity index (χ1) is 24.6. The lowest BCUT2D eigenvalue weighted by molar-refractivity contribution is -0.143. The second-order valence-electron chi connectivity index (χ2n) is 16.5. The van der Waals surface area contributed by atoms with E-state index in [0.717, 1.165) is 38.8 Å². The van der Waals surface area contributed by atoms with E-state index >= 15 is 0 Å². The highest BCUT2D eigenvalue weighted by Crippen LogP contribution is 2.45. The molecule has 5 atom stereocenters. The summed E-state index contributed by atoms with van der Waals surface area (Å²) in [6, 6.07) is -2.31. The summed E-state index contributed by atoms with van der Waals surface area (Å²) in [6.07, 6.45) is 4.19. The molecule has 53 heavy (non-hydrogen) atoms. The molecule has 298 valence electrons. The standard InChI is InChI=1S/C30H47N5O9S.C5H8ClNO/c1-8-18-16-30(18,25(38)33-45(41,42)20-11-12-20)32-23(36)21-15-19(43-27(40)34-13-9-10-14-34)17-35(21)24(37)22(28(2,3)4)31-26(39)44-29(5,6)7;6-5(8)7-3-1-2-4-7/h8,18-22H,1,9-17H2,2-7H3,(H,31,39)(H,32,36)(H,33,38);1-4H2/t18?,19-,21+,22-,30-;/m1./s1. The van der Waals surface area contributed by atoms with Gasteiger partial charge in [0.1, 0.15) is 29.3 Å². The molecular formula is C35H55ClN6O10S.